The molecular formula is C26H28FN3O7S. The Balaban J connectivity index is 1.69. The average Bonchev–Trinajstić information content (AvgIpc) is 2.90. The Hall–Kier alpha value is -4.00. The van der Waals surface area contributed by atoms with Crippen molar-refractivity contribution >= 4 is 27.6 Å². The van der Waals surface area contributed by atoms with E-state index in [2.05, 4.69) is 14.8 Å². The van der Waals surface area contributed by atoms with Gasteiger partial charge in [0.1, 0.15) is 11.8 Å². The van der Waals surface area contributed by atoms with Crippen molar-refractivity contribution in [2.45, 2.75) is 30.3 Å². The number of anilines is 1. The quantitative estimate of drug-likeness (QED) is 0.177. The Kier molecular flexibility index (Phi) is 10.2. The van der Waals surface area contributed by atoms with Crippen molar-refractivity contribution in [1.29, 1.82) is 0 Å². The molecule has 202 valence electrons. The molecule has 0 radical (unpaired) electrons. The first-order chi connectivity index (χ1) is 18.2. The number of nitrogen functional groups attached to an aromatic ring is 1. The van der Waals surface area contributed by atoms with Crippen molar-refractivity contribution < 1.29 is 37.0 Å². The van der Waals surface area contributed by atoms with E-state index >= 15 is 0 Å². The standard InChI is InChI=1S/C26H28FN3O7S/c27-24(26(32)33)37-23-12-11-19(15-21(23)28)16-22(30-38(34,35)20-9-5-2-6-10-20)25(31)29-13-14-36-17-18-7-3-1-4-8-18/h1-12,15,22,24,30H,13-14,16-17,28H2,(H,29,31)(H,32,33)/t22-,24?/m0/s1. The van der Waals surface area contributed by atoms with Crippen molar-refractivity contribution in [2.24, 2.45) is 0 Å². The fourth-order valence-corrected chi connectivity index (χ4v) is 4.62. The Morgan fingerprint density at radius 3 is 2.26 bits per heavy atom. The molecule has 38 heavy (non-hydrogen) atoms. The number of nitrogens with two attached hydrogens (primary N) is 1. The van der Waals surface area contributed by atoms with E-state index in [1.54, 1.807) is 18.2 Å². The number of nitrogens with one attached hydrogen (secondary N) is 2. The molecule has 0 bridgehead atoms. The Labute approximate surface area is 219 Å². The summed E-state index contributed by atoms with van der Waals surface area (Å²) < 4.78 is 51.9. The SMILES string of the molecule is Nc1cc(C[C@H](NS(=O)(=O)c2ccccc2)C(=O)NCCOCc2ccccc2)ccc1OC(F)C(=O)O. The van der Waals surface area contributed by atoms with E-state index in [-0.39, 0.29) is 35.9 Å². The summed E-state index contributed by atoms with van der Waals surface area (Å²) >= 11 is 0. The van der Waals surface area contributed by atoms with Crippen molar-refractivity contribution in [1.82, 2.24) is 10.0 Å². The monoisotopic (exact) mass is 545 g/mol. The summed E-state index contributed by atoms with van der Waals surface area (Å²) in [5.41, 5.74) is 7.18. The molecule has 0 aromatic heterocycles. The normalized spacial score (nSPS) is 12.9. The number of amides is 1. The van der Waals surface area contributed by atoms with Gasteiger partial charge in [-0.3, -0.25) is 4.79 Å². The molecule has 0 fully saturated rings. The summed E-state index contributed by atoms with van der Waals surface area (Å²) in [5.74, 6) is -2.61. The van der Waals surface area contributed by atoms with Gasteiger partial charge in [-0.15, -0.1) is 0 Å². The Morgan fingerprint density at radius 2 is 1.63 bits per heavy atom. The van der Waals surface area contributed by atoms with Crippen LogP contribution < -0.4 is 20.5 Å². The number of alkyl halides is 1. The van der Waals surface area contributed by atoms with Crippen LogP contribution in [0.3, 0.4) is 0 Å². The highest BCUT2D eigenvalue weighted by molar-refractivity contribution is 7.89. The summed E-state index contributed by atoms with van der Waals surface area (Å²) in [5, 5.41) is 11.3. The number of ether oxygens (including phenoxy) is 2. The van der Waals surface area contributed by atoms with Gasteiger partial charge in [0, 0.05) is 6.54 Å². The van der Waals surface area contributed by atoms with Gasteiger partial charge in [-0.2, -0.15) is 9.11 Å². The van der Waals surface area contributed by atoms with E-state index in [1.807, 2.05) is 30.3 Å². The van der Waals surface area contributed by atoms with E-state index in [4.69, 9.17) is 15.6 Å². The van der Waals surface area contributed by atoms with Crippen LogP contribution in [0.25, 0.3) is 0 Å². The average molecular weight is 546 g/mol. The summed E-state index contributed by atoms with van der Waals surface area (Å²) in [4.78, 5) is 23.7. The van der Waals surface area contributed by atoms with Crippen LogP contribution >= 0.6 is 0 Å². The molecule has 0 spiro atoms. The maximum atomic E-state index is 13.4. The van der Waals surface area contributed by atoms with E-state index < -0.39 is 34.3 Å². The molecule has 0 aliphatic carbocycles. The molecule has 1 unspecified atom stereocenters. The molecule has 0 aliphatic heterocycles. The van der Waals surface area contributed by atoms with Crippen molar-refractivity contribution in [3.05, 3.63) is 90.0 Å². The van der Waals surface area contributed by atoms with Gasteiger partial charge in [0.2, 0.25) is 15.9 Å². The molecule has 2 atom stereocenters. The molecule has 0 saturated heterocycles. The third-order valence-electron chi connectivity index (χ3n) is 5.26. The predicted molar refractivity (Wildman–Crippen MR) is 137 cm³/mol. The number of hydrogen-bond donors (Lipinski definition) is 4. The first-order valence-corrected chi connectivity index (χ1v) is 13.0. The van der Waals surface area contributed by atoms with E-state index in [9.17, 15) is 22.4 Å². The molecule has 12 heteroatoms. The van der Waals surface area contributed by atoms with Crippen LogP contribution in [-0.4, -0.2) is 51.0 Å². The second-order valence-corrected chi connectivity index (χ2v) is 9.88. The van der Waals surface area contributed by atoms with Gasteiger partial charge in [0.05, 0.1) is 23.8 Å². The molecule has 1 amide bonds. The van der Waals surface area contributed by atoms with Crippen LogP contribution in [0.1, 0.15) is 11.1 Å². The maximum Gasteiger partial charge on any atom is 0.378 e. The Bertz CT molecular complexity index is 1330. The first kappa shape index (κ1) is 28.6. The molecule has 0 saturated carbocycles. The third-order valence-corrected chi connectivity index (χ3v) is 6.75. The fraction of sp³-hybridized carbons (Fsp3) is 0.231. The van der Waals surface area contributed by atoms with Crippen molar-refractivity contribution in [2.75, 3.05) is 18.9 Å². The third kappa shape index (κ3) is 8.54. The molecule has 5 N–H and O–H groups in total. The molecule has 0 heterocycles. The van der Waals surface area contributed by atoms with Gasteiger partial charge >= 0.3 is 12.3 Å². The number of sulfonamides is 1. The lowest BCUT2D eigenvalue weighted by Crippen LogP contribution is -2.48. The number of rotatable bonds is 14. The van der Waals surface area contributed by atoms with E-state index in [1.165, 1.54) is 30.3 Å². The predicted octanol–water partition coefficient (Wildman–Crippen LogP) is 2.25. The van der Waals surface area contributed by atoms with Crippen LogP contribution in [0.2, 0.25) is 0 Å². The van der Waals surface area contributed by atoms with Gasteiger partial charge in [0.25, 0.3) is 0 Å². The number of halogens is 1. The van der Waals surface area contributed by atoms with Gasteiger partial charge < -0.3 is 25.6 Å². The summed E-state index contributed by atoms with van der Waals surface area (Å²) in [7, 11) is -4.05. The zero-order valence-electron chi connectivity index (χ0n) is 20.2. The minimum atomic E-state index is -4.05. The lowest BCUT2D eigenvalue weighted by atomic mass is 10.0. The topological polar surface area (TPSA) is 157 Å². The van der Waals surface area contributed by atoms with Crippen molar-refractivity contribution in [3.63, 3.8) is 0 Å². The lowest BCUT2D eigenvalue weighted by Gasteiger charge is -2.19. The molecule has 3 rings (SSSR count). The number of carbonyl (C=O) groups is 2. The van der Waals surface area contributed by atoms with Gasteiger partial charge in [-0.1, -0.05) is 54.6 Å². The number of benzene rings is 3. The largest absolute Gasteiger partial charge is 0.476 e. The summed E-state index contributed by atoms with van der Waals surface area (Å²) in [6.45, 7) is 0.694. The smallest absolute Gasteiger partial charge is 0.378 e. The number of carboxylic acid groups (broad SMARTS) is 1. The van der Waals surface area contributed by atoms with Crippen LogP contribution in [0, 0.1) is 0 Å². The number of hydrogen-bond acceptors (Lipinski definition) is 7. The highest BCUT2D eigenvalue weighted by Crippen LogP contribution is 2.25. The minimum Gasteiger partial charge on any atom is -0.476 e. The first-order valence-electron chi connectivity index (χ1n) is 11.5. The molecule has 10 nitrogen and oxygen atoms in total. The second-order valence-electron chi connectivity index (χ2n) is 8.16. The highest BCUT2D eigenvalue weighted by Gasteiger charge is 2.26. The van der Waals surface area contributed by atoms with E-state index in [0.29, 0.717) is 12.2 Å². The molecule has 0 aliphatic rings. The zero-order valence-corrected chi connectivity index (χ0v) is 21.1. The van der Waals surface area contributed by atoms with Gasteiger partial charge in [-0.05, 0) is 41.8 Å². The minimum absolute atomic E-state index is 0.0186. The maximum absolute atomic E-state index is 13.4. The zero-order chi connectivity index (χ0) is 27.5. The fourth-order valence-electron chi connectivity index (χ4n) is 3.41. The molecule has 3 aromatic carbocycles. The Morgan fingerprint density at radius 1 is 0.974 bits per heavy atom. The van der Waals surface area contributed by atoms with Crippen LogP contribution in [-0.2, 0) is 37.4 Å². The number of aliphatic carboxylic acids is 1. The van der Waals surface area contributed by atoms with E-state index in [0.717, 1.165) is 5.56 Å². The summed E-state index contributed by atoms with van der Waals surface area (Å²) in [6.07, 6.45) is -2.71. The molecular weight excluding hydrogens is 517 g/mol. The highest BCUT2D eigenvalue weighted by atomic mass is 32.2. The van der Waals surface area contributed by atoms with Crippen LogP contribution in [0.5, 0.6) is 5.75 Å². The second kappa shape index (κ2) is 13.5. The van der Waals surface area contributed by atoms with Crippen LogP contribution in [0.15, 0.2) is 83.8 Å². The molecule has 3 aromatic rings. The van der Waals surface area contributed by atoms with Gasteiger partial charge in [-0.25, -0.2) is 13.2 Å². The number of carboxylic acids is 1. The van der Waals surface area contributed by atoms with Crippen LogP contribution in [0.4, 0.5) is 10.1 Å². The number of carbonyl (C=O) groups excluding carboxylic acids is 1. The summed E-state index contributed by atoms with van der Waals surface area (Å²) in [6, 6.07) is 19.9. The van der Waals surface area contributed by atoms with Crippen molar-refractivity contribution in [3.8, 4) is 5.75 Å². The lowest BCUT2D eigenvalue weighted by molar-refractivity contribution is -0.153. The van der Waals surface area contributed by atoms with Gasteiger partial charge in [0.15, 0.2) is 0 Å².